The number of hydrogen-bond acceptors (Lipinski definition) is 0. The molecule has 0 aliphatic rings. The minimum atomic E-state index is 0. The molecule has 1 atom stereocenters. The van der Waals surface area contributed by atoms with Crippen LogP contribution in [0.15, 0.2) is 0 Å². The Morgan fingerprint density at radius 2 is 2.00 bits per heavy atom. The zero-order valence-electron chi connectivity index (χ0n) is 6.90. The summed E-state index contributed by atoms with van der Waals surface area (Å²) in [5.41, 5.74) is 0. The molecule has 0 nitrogen and oxygen atoms in total. The SMILES string of the molecule is Br.CCCCC[CH](C)[Mg][Br]. The summed E-state index contributed by atoms with van der Waals surface area (Å²) in [5, 5.41) is 0. The van der Waals surface area contributed by atoms with Gasteiger partial charge in [0, 0.05) is 0 Å². The van der Waals surface area contributed by atoms with E-state index in [1.807, 2.05) is 0 Å². The predicted molar refractivity (Wildman–Crippen MR) is 58.6 cm³/mol. The third-order valence-corrected chi connectivity index (χ3v) is 5.81. The fourth-order valence-corrected chi connectivity index (χ4v) is 2.23. The van der Waals surface area contributed by atoms with Gasteiger partial charge in [0.25, 0.3) is 0 Å². The number of halogens is 2. The second kappa shape index (κ2) is 10.7. The summed E-state index contributed by atoms with van der Waals surface area (Å²) in [6, 6.07) is 0. The molecule has 0 rings (SSSR count). The molecule has 3 heteroatoms. The van der Waals surface area contributed by atoms with E-state index in [9.17, 15) is 0 Å². The van der Waals surface area contributed by atoms with Crippen molar-refractivity contribution in [3.05, 3.63) is 0 Å². The first-order chi connectivity index (χ1) is 4.31. The van der Waals surface area contributed by atoms with E-state index < -0.39 is 0 Å². The lowest BCUT2D eigenvalue weighted by Gasteiger charge is -2.03. The lowest BCUT2D eigenvalue weighted by molar-refractivity contribution is 0.655. The maximum absolute atomic E-state index is 3.61. The van der Waals surface area contributed by atoms with Gasteiger partial charge < -0.3 is 12.9 Å². The van der Waals surface area contributed by atoms with E-state index in [0.29, 0.717) is 0 Å². The van der Waals surface area contributed by atoms with Gasteiger partial charge in [0.2, 0.25) is 0 Å². The van der Waals surface area contributed by atoms with Crippen LogP contribution in [0.2, 0.25) is 4.05 Å². The standard InChI is InChI=1S/C7H15.2BrH.Mg/c1-3-5-7-6-4-2;;;/h3H,4-7H2,1-2H3;2*1H;/q;;;+1/p-1. The molecule has 0 N–H and O–H groups in total. The Labute approximate surface area is 90.9 Å². The van der Waals surface area contributed by atoms with Crippen molar-refractivity contribution < 1.29 is 0 Å². The van der Waals surface area contributed by atoms with Crippen LogP contribution in [0, 0.1) is 0 Å². The van der Waals surface area contributed by atoms with E-state index in [1.54, 1.807) is 0 Å². The second-order valence-corrected chi connectivity index (χ2v) is 6.40. The highest BCUT2D eigenvalue weighted by Gasteiger charge is 2.01. The van der Waals surface area contributed by atoms with Crippen LogP contribution in [0.3, 0.4) is 0 Å². The average Bonchev–Trinajstić information content (AvgIpc) is 1.89. The van der Waals surface area contributed by atoms with E-state index in [0.717, 1.165) is 4.05 Å². The Balaban J connectivity index is 0. The van der Waals surface area contributed by atoms with Gasteiger partial charge in [-0.05, 0) is 0 Å². The minimum absolute atomic E-state index is 0. The molecule has 0 saturated carbocycles. The Morgan fingerprint density at radius 1 is 1.40 bits per heavy atom. The molecule has 0 saturated heterocycles. The van der Waals surface area contributed by atoms with Crippen LogP contribution in [-0.4, -0.2) is 18.2 Å². The summed E-state index contributed by atoms with van der Waals surface area (Å²) in [5.74, 6) is 0. The Kier molecular flexibility index (Phi) is 15.3. The lowest BCUT2D eigenvalue weighted by atomic mass is 10.2. The van der Waals surface area contributed by atoms with E-state index in [-0.39, 0.29) is 35.2 Å². The van der Waals surface area contributed by atoms with Crippen LogP contribution >= 0.6 is 29.9 Å². The molecule has 0 aliphatic heterocycles. The van der Waals surface area contributed by atoms with Crippen molar-refractivity contribution in [2.75, 3.05) is 0 Å². The highest BCUT2D eigenvalue weighted by atomic mass is 79.9. The fourth-order valence-electron chi connectivity index (χ4n) is 0.820. The molecule has 0 spiro atoms. The maximum atomic E-state index is 3.61. The maximum Gasteiger partial charge on any atom is 0.471 e. The average molecular weight is 284 g/mol. The zero-order chi connectivity index (χ0) is 7.11. The van der Waals surface area contributed by atoms with Crippen molar-refractivity contribution in [2.24, 2.45) is 0 Å². The summed E-state index contributed by atoms with van der Waals surface area (Å²) in [7, 11) is 0. The van der Waals surface area contributed by atoms with E-state index >= 15 is 0 Å². The first kappa shape index (κ1) is 14.3. The summed E-state index contributed by atoms with van der Waals surface area (Å²) < 4.78 is 1.01. The number of unbranched alkanes of at least 4 members (excludes halogenated alkanes) is 2. The van der Waals surface area contributed by atoms with Gasteiger partial charge in [-0.25, -0.2) is 0 Å². The lowest BCUT2D eigenvalue weighted by Crippen LogP contribution is -1.90. The Morgan fingerprint density at radius 3 is 2.40 bits per heavy atom. The third-order valence-electron chi connectivity index (χ3n) is 1.56. The van der Waals surface area contributed by atoms with E-state index in [2.05, 4.69) is 26.7 Å². The molecular formula is C7H16Br2Mg. The Bertz CT molecular complexity index is 59.6. The quantitative estimate of drug-likeness (QED) is 0.529. The molecule has 0 radical (unpaired) electrons. The normalized spacial score (nSPS) is 11.5. The van der Waals surface area contributed by atoms with Crippen LogP contribution in [-0.2, 0) is 0 Å². The molecule has 10 heavy (non-hydrogen) atoms. The van der Waals surface area contributed by atoms with Crippen molar-refractivity contribution >= 4 is 48.1 Å². The van der Waals surface area contributed by atoms with Crippen LogP contribution in [0.1, 0.15) is 39.5 Å². The molecule has 0 aromatic heterocycles. The van der Waals surface area contributed by atoms with Gasteiger partial charge in [0.1, 0.15) is 0 Å². The molecule has 0 amide bonds. The molecule has 0 fully saturated rings. The largest absolute Gasteiger partial charge is 0.471 e. The first-order valence-electron chi connectivity index (χ1n) is 3.87. The van der Waals surface area contributed by atoms with Gasteiger partial charge in [0.05, 0.1) is 0 Å². The van der Waals surface area contributed by atoms with E-state index in [4.69, 9.17) is 0 Å². The summed E-state index contributed by atoms with van der Waals surface area (Å²) in [4.78, 5) is 0. The molecule has 0 aliphatic carbocycles. The minimum Gasteiger partial charge on any atom is -0.306 e. The summed E-state index contributed by atoms with van der Waals surface area (Å²) in [6.45, 7) is 4.62. The van der Waals surface area contributed by atoms with Crippen molar-refractivity contribution in [1.82, 2.24) is 0 Å². The monoisotopic (exact) mass is 282 g/mol. The highest BCUT2D eigenvalue weighted by Crippen LogP contribution is 2.14. The van der Waals surface area contributed by atoms with Crippen LogP contribution in [0.5, 0.6) is 0 Å². The summed E-state index contributed by atoms with van der Waals surface area (Å²) in [6.07, 6.45) is 5.67. The number of hydrogen-bond donors (Lipinski definition) is 0. The molecule has 0 aromatic rings. The third kappa shape index (κ3) is 9.73. The smallest absolute Gasteiger partial charge is 0.306 e. The zero-order valence-corrected chi connectivity index (χ0v) is 11.6. The van der Waals surface area contributed by atoms with Crippen molar-refractivity contribution in [1.29, 1.82) is 0 Å². The Hall–Kier alpha value is 1.73. The second-order valence-electron chi connectivity index (χ2n) is 2.76. The van der Waals surface area contributed by atoms with Gasteiger partial charge in [-0.3, -0.25) is 0 Å². The topological polar surface area (TPSA) is 0 Å². The molecule has 0 aromatic carbocycles. The van der Waals surface area contributed by atoms with Crippen LogP contribution < -0.4 is 0 Å². The van der Waals surface area contributed by atoms with E-state index in [1.165, 1.54) is 25.7 Å². The van der Waals surface area contributed by atoms with Crippen molar-refractivity contribution in [3.8, 4) is 0 Å². The first-order valence-corrected chi connectivity index (χ1v) is 8.58. The predicted octanol–water partition coefficient (Wildman–Crippen LogP) is 3.97. The molecular weight excluding hydrogens is 268 g/mol. The number of rotatable bonds is 5. The molecule has 0 heterocycles. The molecule has 0 bridgehead atoms. The fraction of sp³-hybridized carbons (Fsp3) is 1.00. The highest BCUT2D eigenvalue weighted by molar-refractivity contribution is 9.23. The summed E-state index contributed by atoms with van der Waals surface area (Å²) >= 11 is 3.73. The van der Waals surface area contributed by atoms with Crippen molar-refractivity contribution in [3.63, 3.8) is 0 Å². The van der Waals surface area contributed by atoms with Gasteiger partial charge in [-0.15, -0.1) is 21.0 Å². The van der Waals surface area contributed by atoms with Crippen LogP contribution in [0.25, 0.3) is 0 Å². The molecule has 60 valence electrons. The molecule has 1 unspecified atom stereocenters. The van der Waals surface area contributed by atoms with Gasteiger partial charge in [-0.2, -0.15) is 0 Å². The van der Waals surface area contributed by atoms with Crippen molar-refractivity contribution in [2.45, 2.75) is 43.6 Å². The van der Waals surface area contributed by atoms with Crippen LogP contribution in [0.4, 0.5) is 0 Å². The van der Waals surface area contributed by atoms with Gasteiger partial charge in [-0.1, -0.05) is 39.5 Å². The van der Waals surface area contributed by atoms with Gasteiger partial charge in [0.15, 0.2) is 0 Å². The van der Waals surface area contributed by atoms with Gasteiger partial charge >= 0.3 is 18.2 Å².